The predicted octanol–water partition coefficient (Wildman–Crippen LogP) is 2.25. The second-order valence-corrected chi connectivity index (χ2v) is 4.04. The van der Waals surface area contributed by atoms with Crippen LogP contribution >= 0.6 is 0 Å². The number of hydrogen-bond acceptors (Lipinski definition) is 4. The highest BCUT2D eigenvalue weighted by molar-refractivity contribution is 5.95. The van der Waals surface area contributed by atoms with Crippen LogP contribution in [-0.4, -0.2) is 25.2 Å². The second-order valence-electron chi connectivity index (χ2n) is 4.04. The van der Waals surface area contributed by atoms with E-state index in [1.165, 1.54) is 0 Å². The molecule has 0 bridgehead atoms. The van der Waals surface area contributed by atoms with Gasteiger partial charge in [0.25, 0.3) is 0 Å². The summed E-state index contributed by atoms with van der Waals surface area (Å²) in [5.74, 6) is -4.31. The van der Waals surface area contributed by atoms with Gasteiger partial charge in [0.1, 0.15) is 11.6 Å². The van der Waals surface area contributed by atoms with Gasteiger partial charge in [-0.1, -0.05) is 0 Å². The van der Waals surface area contributed by atoms with Gasteiger partial charge in [-0.15, -0.1) is 0 Å². The van der Waals surface area contributed by atoms with E-state index >= 15 is 0 Å². The topological polar surface area (TPSA) is 52.6 Å². The summed E-state index contributed by atoms with van der Waals surface area (Å²) < 4.78 is 35.8. The second kappa shape index (κ2) is 7.57. The lowest BCUT2D eigenvalue weighted by atomic mass is 9.99. The summed E-state index contributed by atoms with van der Waals surface area (Å²) in [5, 5.41) is 0. The van der Waals surface area contributed by atoms with Crippen LogP contribution in [0.5, 0.6) is 0 Å². The molecule has 0 aromatic heterocycles. The molecule has 0 saturated carbocycles. The van der Waals surface area contributed by atoms with Crippen LogP contribution in [0.15, 0.2) is 18.2 Å². The number of carbonyl (C=O) groups is 2. The fourth-order valence-corrected chi connectivity index (χ4v) is 1.71. The van der Waals surface area contributed by atoms with Gasteiger partial charge in [-0.25, -0.2) is 8.78 Å². The number of benzene rings is 1. The van der Waals surface area contributed by atoms with E-state index in [4.69, 9.17) is 9.47 Å². The minimum atomic E-state index is -1.23. The molecule has 0 fully saturated rings. The Labute approximate surface area is 115 Å². The molecule has 0 heterocycles. The Balaban J connectivity index is 2.93. The van der Waals surface area contributed by atoms with E-state index in [0.717, 1.165) is 12.1 Å². The Kier molecular flexibility index (Phi) is 6.09. The molecule has 1 rings (SSSR count). The van der Waals surface area contributed by atoms with Gasteiger partial charge in [-0.05, 0) is 38.0 Å². The van der Waals surface area contributed by atoms with Gasteiger partial charge in [0.15, 0.2) is 5.92 Å². The minimum Gasteiger partial charge on any atom is -0.465 e. The fourth-order valence-electron chi connectivity index (χ4n) is 1.71. The van der Waals surface area contributed by atoms with Gasteiger partial charge < -0.3 is 9.47 Å². The van der Waals surface area contributed by atoms with E-state index in [1.54, 1.807) is 13.8 Å². The molecule has 0 spiro atoms. The first-order valence-electron chi connectivity index (χ1n) is 6.26. The average molecular weight is 286 g/mol. The third-order valence-corrected chi connectivity index (χ3v) is 2.50. The number of rotatable bonds is 6. The molecular formula is C14H16F2O4. The summed E-state index contributed by atoms with van der Waals surface area (Å²) in [6.07, 6.45) is -0.174. The van der Waals surface area contributed by atoms with Crippen molar-refractivity contribution < 1.29 is 27.8 Å². The van der Waals surface area contributed by atoms with Crippen LogP contribution in [0.3, 0.4) is 0 Å². The van der Waals surface area contributed by atoms with Crippen LogP contribution in [0, 0.1) is 17.6 Å². The fraction of sp³-hybridized carbons (Fsp3) is 0.429. The Hall–Kier alpha value is -1.98. The zero-order valence-corrected chi connectivity index (χ0v) is 11.3. The number of halogens is 2. The van der Waals surface area contributed by atoms with Gasteiger partial charge in [-0.2, -0.15) is 0 Å². The van der Waals surface area contributed by atoms with Crippen molar-refractivity contribution in [3.8, 4) is 0 Å². The zero-order chi connectivity index (χ0) is 15.1. The third kappa shape index (κ3) is 4.60. The minimum absolute atomic E-state index is 0.103. The smallest absolute Gasteiger partial charge is 0.320 e. The van der Waals surface area contributed by atoms with Gasteiger partial charge in [0, 0.05) is 6.07 Å². The molecular weight excluding hydrogens is 270 g/mol. The molecule has 0 aliphatic rings. The van der Waals surface area contributed by atoms with E-state index in [2.05, 4.69) is 0 Å². The van der Waals surface area contributed by atoms with Crippen molar-refractivity contribution in [2.24, 2.45) is 5.92 Å². The maximum Gasteiger partial charge on any atom is 0.320 e. The molecule has 0 aliphatic heterocycles. The summed E-state index contributed by atoms with van der Waals surface area (Å²) in [7, 11) is 0. The monoisotopic (exact) mass is 286 g/mol. The highest BCUT2D eigenvalue weighted by atomic mass is 19.1. The van der Waals surface area contributed by atoms with E-state index in [0.29, 0.717) is 6.07 Å². The van der Waals surface area contributed by atoms with Crippen molar-refractivity contribution in [2.45, 2.75) is 20.3 Å². The van der Waals surface area contributed by atoms with Crippen molar-refractivity contribution in [3.05, 3.63) is 35.4 Å². The summed E-state index contributed by atoms with van der Waals surface area (Å²) in [5.41, 5.74) is 0.189. The van der Waals surface area contributed by atoms with E-state index in [9.17, 15) is 18.4 Å². The molecule has 0 radical (unpaired) electrons. The van der Waals surface area contributed by atoms with E-state index in [-0.39, 0.29) is 25.2 Å². The Bertz CT molecular complexity index is 450. The molecule has 0 atom stereocenters. The first-order valence-corrected chi connectivity index (χ1v) is 6.26. The van der Waals surface area contributed by atoms with Crippen molar-refractivity contribution in [3.63, 3.8) is 0 Å². The number of ether oxygens (including phenoxy) is 2. The number of hydrogen-bond donors (Lipinski definition) is 0. The normalized spacial score (nSPS) is 10.4. The molecule has 6 heteroatoms. The lowest BCUT2D eigenvalue weighted by Gasteiger charge is -2.14. The molecule has 0 N–H and O–H groups in total. The van der Waals surface area contributed by atoms with Gasteiger partial charge >= 0.3 is 11.9 Å². The van der Waals surface area contributed by atoms with Crippen LogP contribution in [0.2, 0.25) is 0 Å². The van der Waals surface area contributed by atoms with Crippen LogP contribution in [0.1, 0.15) is 19.4 Å². The Morgan fingerprint density at radius 1 is 1.00 bits per heavy atom. The molecule has 4 nitrogen and oxygen atoms in total. The van der Waals surface area contributed by atoms with Crippen LogP contribution in [0.25, 0.3) is 0 Å². The van der Waals surface area contributed by atoms with Crippen molar-refractivity contribution >= 4 is 11.9 Å². The van der Waals surface area contributed by atoms with Crippen molar-refractivity contribution in [2.75, 3.05) is 13.2 Å². The maximum atomic E-state index is 13.1. The molecule has 20 heavy (non-hydrogen) atoms. The summed E-state index contributed by atoms with van der Waals surface area (Å²) >= 11 is 0. The molecule has 0 aliphatic carbocycles. The highest BCUT2D eigenvalue weighted by Crippen LogP contribution is 2.15. The third-order valence-electron chi connectivity index (χ3n) is 2.50. The van der Waals surface area contributed by atoms with Gasteiger partial charge in [0.2, 0.25) is 0 Å². The van der Waals surface area contributed by atoms with Crippen LogP contribution in [-0.2, 0) is 25.5 Å². The Morgan fingerprint density at radius 2 is 1.45 bits per heavy atom. The molecule has 0 amide bonds. The molecule has 0 saturated heterocycles. The van der Waals surface area contributed by atoms with Crippen LogP contribution < -0.4 is 0 Å². The maximum absolute atomic E-state index is 13.1. The molecule has 1 aromatic rings. The largest absolute Gasteiger partial charge is 0.465 e. The van der Waals surface area contributed by atoms with E-state index in [1.807, 2.05) is 0 Å². The molecule has 1 aromatic carbocycles. The average Bonchev–Trinajstić information content (AvgIpc) is 2.35. The summed E-state index contributed by atoms with van der Waals surface area (Å²) in [6, 6.07) is 2.84. The zero-order valence-electron chi connectivity index (χ0n) is 11.3. The van der Waals surface area contributed by atoms with Crippen molar-refractivity contribution in [1.82, 2.24) is 0 Å². The lowest BCUT2D eigenvalue weighted by molar-refractivity contribution is -0.161. The lowest BCUT2D eigenvalue weighted by Crippen LogP contribution is -2.30. The van der Waals surface area contributed by atoms with Crippen molar-refractivity contribution in [1.29, 1.82) is 0 Å². The molecule has 110 valence electrons. The van der Waals surface area contributed by atoms with Crippen LogP contribution in [0.4, 0.5) is 8.78 Å². The first kappa shape index (κ1) is 16.1. The van der Waals surface area contributed by atoms with Gasteiger partial charge in [0.05, 0.1) is 13.2 Å². The summed E-state index contributed by atoms with van der Waals surface area (Å²) in [4.78, 5) is 23.4. The number of esters is 2. The number of carbonyl (C=O) groups excluding carboxylic acids is 2. The summed E-state index contributed by atoms with van der Waals surface area (Å²) in [6.45, 7) is 3.41. The van der Waals surface area contributed by atoms with E-state index < -0.39 is 29.5 Å². The quantitative estimate of drug-likeness (QED) is 0.594. The highest BCUT2D eigenvalue weighted by Gasteiger charge is 2.30. The standard InChI is InChI=1S/C14H16F2O4/c1-3-19-13(17)12(14(18)20-4-2)7-9-5-10(15)8-11(16)6-9/h5-6,8,12H,3-4,7H2,1-2H3. The molecule has 0 unspecified atom stereocenters. The first-order chi connectivity index (χ1) is 9.47. The SMILES string of the molecule is CCOC(=O)C(Cc1cc(F)cc(F)c1)C(=O)OCC. The predicted molar refractivity (Wildman–Crippen MR) is 66.8 cm³/mol. The van der Waals surface area contributed by atoms with Gasteiger partial charge in [-0.3, -0.25) is 9.59 Å². The Morgan fingerprint density at radius 3 is 1.85 bits per heavy atom.